The van der Waals surface area contributed by atoms with Crippen LogP contribution in [0.25, 0.3) is 11.0 Å². The third kappa shape index (κ3) is 5.30. The molecule has 1 unspecified atom stereocenters. The van der Waals surface area contributed by atoms with Crippen LogP contribution in [0.3, 0.4) is 0 Å². The second-order valence-electron chi connectivity index (χ2n) is 10.4. The van der Waals surface area contributed by atoms with Crippen molar-refractivity contribution < 1.29 is 36.0 Å². The smallest absolute Gasteiger partial charge is 0.399 e. The molecule has 3 aromatic rings. The molecule has 39 heavy (non-hydrogen) atoms. The van der Waals surface area contributed by atoms with E-state index in [4.69, 9.17) is 14.0 Å². The molecule has 1 fully saturated rings. The maximum atomic E-state index is 15.5. The molecule has 0 saturated carbocycles. The fraction of sp³-hybridized carbons (Fsp3) is 0.480. The summed E-state index contributed by atoms with van der Waals surface area (Å²) in [5, 5.41) is 4.61. The number of rotatable bonds is 9. The first-order valence-corrected chi connectivity index (χ1v) is 14.1. The summed E-state index contributed by atoms with van der Waals surface area (Å²) in [4.78, 5) is 18.1. The van der Waals surface area contributed by atoms with E-state index in [1.165, 1.54) is 11.8 Å². The lowest BCUT2D eigenvalue weighted by Crippen LogP contribution is -2.41. The molecule has 14 heteroatoms. The highest BCUT2D eigenvalue weighted by Gasteiger charge is 2.52. The number of anilines is 1. The number of nitrogens with one attached hydrogen (secondary N) is 1. The summed E-state index contributed by atoms with van der Waals surface area (Å²) in [6, 6.07) is 3.39. The van der Waals surface area contributed by atoms with Crippen LogP contribution in [0, 0.1) is 11.6 Å². The molecule has 1 saturated heterocycles. The van der Waals surface area contributed by atoms with Gasteiger partial charge in [-0.1, -0.05) is 6.92 Å². The number of ketones is 1. The van der Waals surface area contributed by atoms with Crippen molar-refractivity contribution in [3.8, 4) is 0 Å². The van der Waals surface area contributed by atoms with Crippen LogP contribution in [-0.4, -0.2) is 60.1 Å². The number of ether oxygens (including phenoxy) is 1. The lowest BCUT2D eigenvalue weighted by molar-refractivity contribution is 0.00578. The normalized spacial score (nSPS) is 17.5. The Morgan fingerprint density at radius 2 is 1.85 bits per heavy atom. The number of benzene rings is 1. The Balaban J connectivity index is 1.84. The molecule has 1 aliphatic heterocycles. The average Bonchev–Trinajstić information content (AvgIpc) is 3.34. The van der Waals surface area contributed by atoms with Gasteiger partial charge < -0.3 is 14.0 Å². The predicted molar refractivity (Wildman–Crippen MR) is 142 cm³/mol. The number of pyridine rings is 1. The quantitative estimate of drug-likeness (QED) is 0.310. The number of sulfonamides is 1. The standard InChI is InChI=1S/C25H31BF2N4O6S/c1-8-11-39(34,35)31-21-18(27)10-9-16(19(21)28)22(33)20-17-12-15(26-37-24(3,4)25(5,6)38-26)13-29-23(17)32(30-20)14(2)36-7/h9-10,12-14,31H,8,11H2,1-7H3. The molecule has 1 aliphatic rings. The number of methoxy groups -OCH3 is 1. The van der Waals surface area contributed by atoms with E-state index in [2.05, 4.69) is 10.1 Å². The van der Waals surface area contributed by atoms with E-state index in [0.29, 0.717) is 5.46 Å². The molecule has 0 bridgehead atoms. The molecule has 1 N–H and O–H groups in total. The molecular weight excluding hydrogens is 533 g/mol. The molecule has 1 atom stereocenters. The summed E-state index contributed by atoms with van der Waals surface area (Å²) in [5.74, 6) is -3.75. The summed E-state index contributed by atoms with van der Waals surface area (Å²) in [6.45, 7) is 10.9. The monoisotopic (exact) mass is 564 g/mol. The number of carbonyl (C=O) groups is 1. The summed E-state index contributed by atoms with van der Waals surface area (Å²) in [7, 11) is -3.37. The lowest BCUT2D eigenvalue weighted by atomic mass is 9.80. The Morgan fingerprint density at radius 1 is 1.21 bits per heavy atom. The molecule has 0 aliphatic carbocycles. The third-order valence-electron chi connectivity index (χ3n) is 7.06. The minimum atomic E-state index is -4.03. The molecule has 0 radical (unpaired) electrons. The molecule has 210 valence electrons. The number of aromatic nitrogens is 3. The van der Waals surface area contributed by atoms with E-state index >= 15 is 4.39 Å². The Bertz CT molecular complexity index is 1530. The van der Waals surface area contributed by atoms with E-state index in [1.807, 2.05) is 32.4 Å². The van der Waals surface area contributed by atoms with E-state index in [1.54, 1.807) is 26.1 Å². The van der Waals surface area contributed by atoms with Crippen molar-refractivity contribution in [3.63, 3.8) is 0 Å². The first-order chi connectivity index (χ1) is 18.1. The van der Waals surface area contributed by atoms with Crippen molar-refractivity contribution >= 4 is 45.1 Å². The first kappa shape index (κ1) is 29.1. The maximum Gasteiger partial charge on any atom is 0.496 e. The van der Waals surface area contributed by atoms with Gasteiger partial charge in [0, 0.05) is 18.8 Å². The van der Waals surface area contributed by atoms with Crippen LogP contribution in [0.15, 0.2) is 24.4 Å². The van der Waals surface area contributed by atoms with E-state index in [0.717, 1.165) is 12.1 Å². The van der Waals surface area contributed by atoms with Gasteiger partial charge in [-0.15, -0.1) is 0 Å². The molecule has 10 nitrogen and oxygen atoms in total. The van der Waals surface area contributed by atoms with Crippen LogP contribution in [0.1, 0.15) is 70.2 Å². The molecule has 4 rings (SSSR count). The van der Waals surface area contributed by atoms with E-state index in [-0.39, 0.29) is 28.9 Å². The highest BCUT2D eigenvalue weighted by Crippen LogP contribution is 2.37. The maximum absolute atomic E-state index is 15.5. The average molecular weight is 564 g/mol. The van der Waals surface area contributed by atoms with Crippen molar-refractivity contribution in [2.45, 2.75) is 65.4 Å². The summed E-state index contributed by atoms with van der Waals surface area (Å²) in [6.07, 6.45) is 1.13. The van der Waals surface area contributed by atoms with Gasteiger partial charge in [-0.05, 0) is 59.2 Å². The third-order valence-corrected chi connectivity index (χ3v) is 8.52. The SMILES string of the molecule is CCCS(=O)(=O)Nc1c(F)ccc(C(=O)c2nn(C(C)OC)c3ncc(B4OC(C)(C)C(C)(C)O4)cc23)c1F. The Kier molecular flexibility index (Phi) is 7.62. The van der Waals surface area contributed by atoms with Crippen molar-refractivity contribution in [1.29, 1.82) is 0 Å². The highest BCUT2D eigenvalue weighted by molar-refractivity contribution is 7.92. The van der Waals surface area contributed by atoms with Gasteiger partial charge in [0.25, 0.3) is 0 Å². The van der Waals surface area contributed by atoms with Crippen LogP contribution in [0.5, 0.6) is 0 Å². The minimum Gasteiger partial charge on any atom is -0.399 e. The first-order valence-electron chi connectivity index (χ1n) is 12.4. The molecule has 1 aromatic carbocycles. The van der Waals surface area contributed by atoms with Crippen LogP contribution in [0.4, 0.5) is 14.5 Å². The zero-order valence-corrected chi connectivity index (χ0v) is 23.7. The van der Waals surface area contributed by atoms with Gasteiger partial charge in [0.2, 0.25) is 15.8 Å². The Labute approximate surface area is 226 Å². The van der Waals surface area contributed by atoms with Gasteiger partial charge in [0.05, 0.1) is 27.9 Å². The molecule has 3 heterocycles. The summed E-state index contributed by atoms with van der Waals surface area (Å²) >= 11 is 0. The minimum absolute atomic E-state index is 0.187. The highest BCUT2D eigenvalue weighted by atomic mass is 32.2. The van der Waals surface area contributed by atoms with Crippen molar-refractivity contribution in [1.82, 2.24) is 14.8 Å². The second-order valence-corrected chi connectivity index (χ2v) is 12.2. The zero-order valence-electron chi connectivity index (χ0n) is 22.8. The van der Waals surface area contributed by atoms with Gasteiger partial charge in [-0.2, -0.15) is 5.10 Å². The Hall–Kier alpha value is -2.94. The fourth-order valence-corrected chi connectivity index (χ4v) is 5.23. The molecular formula is C25H31BF2N4O6S. The zero-order chi connectivity index (χ0) is 28.9. The number of fused-ring (bicyclic) bond motifs is 1. The van der Waals surface area contributed by atoms with Gasteiger partial charge in [0.15, 0.2) is 11.5 Å². The predicted octanol–water partition coefficient (Wildman–Crippen LogP) is 3.56. The summed E-state index contributed by atoms with van der Waals surface area (Å²) < 4.78 is 75.2. The van der Waals surface area contributed by atoms with Crippen LogP contribution in [0.2, 0.25) is 0 Å². The topological polar surface area (TPSA) is 122 Å². The Morgan fingerprint density at radius 3 is 2.44 bits per heavy atom. The molecule has 2 aromatic heterocycles. The van der Waals surface area contributed by atoms with Gasteiger partial charge in [-0.25, -0.2) is 26.9 Å². The van der Waals surface area contributed by atoms with Crippen molar-refractivity contribution in [3.05, 3.63) is 47.3 Å². The number of nitrogens with zero attached hydrogens (tertiary/aromatic N) is 3. The number of hydrogen-bond donors (Lipinski definition) is 1. The van der Waals surface area contributed by atoms with E-state index < -0.39 is 63.2 Å². The largest absolute Gasteiger partial charge is 0.496 e. The van der Waals surface area contributed by atoms with Crippen LogP contribution in [-0.2, 0) is 24.1 Å². The van der Waals surface area contributed by atoms with Crippen LogP contribution >= 0.6 is 0 Å². The fourth-order valence-electron chi connectivity index (χ4n) is 4.09. The van der Waals surface area contributed by atoms with Crippen molar-refractivity contribution in [2.24, 2.45) is 0 Å². The number of hydrogen-bond acceptors (Lipinski definition) is 8. The lowest BCUT2D eigenvalue weighted by Gasteiger charge is -2.32. The number of halogens is 2. The van der Waals surface area contributed by atoms with E-state index in [9.17, 15) is 17.6 Å². The second kappa shape index (κ2) is 10.2. The van der Waals surface area contributed by atoms with Gasteiger partial charge >= 0.3 is 7.12 Å². The summed E-state index contributed by atoms with van der Waals surface area (Å²) in [5.41, 5.74) is -2.15. The van der Waals surface area contributed by atoms with Gasteiger partial charge in [0.1, 0.15) is 23.4 Å². The van der Waals surface area contributed by atoms with Gasteiger partial charge in [-0.3, -0.25) is 9.52 Å². The molecule has 0 amide bonds. The van der Waals surface area contributed by atoms with Crippen LogP contribution < -0.4 is 10.2 Å². The number of carbonyl (C=O) groups excluding carboxylic acids is 1. The molecule has 0 spiro atoms. The van der Waals surface area contributed by atoms with Crippen molar-refractivity contribution in [2.75, 3.05) is 17.6 Å².